The van der Waals surface area contributed by atoms with Crippen LogP contribution in [-0.2, 0) is 4.79 Å². The minimum absolute atomic E-state index is 0.170. The van der Waals surface area contributed by atoms with Gasteiger partial charge in [-0.25, -0.2) is 0 Å². The van der Waals surface area contributed by atoms with Crippen LogP contribution in [0.25, 0.3) is 0 Å². The van der Waals surface area contributed by atoms with Crippen LogP contribution >= 0.6 is 0 Å². The number of hydrogen-bond acceptors (Lipinski definition) is 3. The van der Waals surface area contributed by atoms with Crippen molar-refractivity contribution in [3.8, 4) is 0 Å². The fourth-order valence-electron chi connectivity index (χ4n) is 2.17. The molecule has 0 bridgehead atoms. The average Bonchev–Trinajstić information content (AvgIpc) is 2.45. The van der Waals surface area contributed by atoms with Crippen molar-refractivity contribution in [2.75, 3.05) is 0 Å². The highest BCUT2D eigenvalue weighted by molar-refractivity contribution is 6.03. The number of nitrogens with zero attached hydrogens (tertiary/aromatic N) is 1. The van der Waals surface area contributed by atoms with Crippen molar-refractivity contribution in [3.05, 3.63) is 65.5 Å². The Morgan fingerprint density at radius 2 is 1.80 bits per heavy atom. The molecule has 1 aromatic heterocycles. The molecule has 4 heteroatoms. The number of carboxylic acids is 1. The Morgan fingerprint density at radius 1 is 1.15 bits per heavy atom. The number of pyridine rings is 1. The number of rotatable bonds is 5. The Bertz CT molecular complexity index is 623. The van der Waals surface area contributed by atoms with Crippen molar-refractivity contribution < 1.29 is 14.7 Å². The van der Waals surface area contributed by atoms with Gasteiger partial charge in [0.2, 0.25) is 0 Å². The molecule has 0 spiro atoms. The lowest BCUT2D eigenvalue weighted by atomic mass is 9.87. The van der Waals surface area contributed by atoms with Gasteiger partial charge in [0.05, 0.1) is 12.3 Å². The first kappa shape index (κ1) is 13.9. The first-order valence-corrected chi connectivity index (χ1v) is 6.31. The van der Waals surface area contributed by atoms with E-state index in [1.54, 1.807) is 36.7 Å². The van der Waals surface area contributed by atoms with E-state index in [-0.39, 0.29) is 12.2 Å². The quantitative estimate of drug-likeness (QED) is 0.847. The van der Waals surface area contributed by atoms with E-state index in [0.29, 0.717) is 11.1 Å². The van der Waals surface area contributed by atoms with E-state index in [2.05, 4.69) is 4.98 Å². The van der Waals surface area contributed by atoms with E-state index in [4.69, 9.17) is 5.11 Å². The third-order valence-corrected chi connectivity index (χ3v) is 3.21. The topological polar surface area (TPSA) is 67.3 Å². The number of carboxylic acid groups (broad SMARTS) is 1. The molecule has 1 aromatic carbocycles. The van der Waals surface area contributed by atoms with Gasteiger partial charge in [-0.05, 0) is 30.2 Å². The summed E-state index contributed by atoms with van der Waals surface area (Å²) in [6.45, 7) is 1.84. The van der Waals surface area contributed by atoms with Gasteiger partial charge in [0.1, 0.15) is 0 Å². The van der Waals surface area contributed by atoms with Gasteiger partial charge in [0.15, 0.2) is 5.78 Å². The van der Waals surface area contributed by atoms with Crippen molar-refractivity contribution in [2.45, 2.75) is 19.3 Å². The van der Waals surface area contributed by atoms with Crippen LogP contribution in [0.4, 0.5) is 0 Å². The fourth-order valence-corrected chi connectivity index (χ4v) is 2.17. The summed E-state index contributed by atoms with van der Waals surface area (Å²) in [6, 6.07) is 10.6. The third kappa shape index (κ3) is 3.09. The molecule has 20 heavy (non-hydrogen) atoms. The summed E-state index contributed by atoms with van der Waals surface area (Å²) >= 11 is 0. The molecular weight excluding hydrogens is 254 g/mol. The molecule has 102 valence electrons. The van der Waals surface area contributed by atoms with Gasteiger partial charge >= 0.3 is 5.97 Å². The number of carbonyl (C=O) groups excluding carboxylic acids is 1. The molecule has 1 heterocycles. The molecule has 0 aliphatic carbocycles. The first-order valence-electron chi connectivity index (χ1n) is 6.31. The summed E-state index contributed by atoms with van der Waals surface area (Å²) in [5.74, 6) is -1.85. The lowest BCUT2D eigenvalue weighted by Crippen LogP contribution is -2.17. The number of Topliss-reactive ketones (excluding diaryl/α,β-unsaturated/α-hetero) is 1. The number of aliphatic carboxylic acids is 1. The highest BCUT2D eigenvalue weighted by Gasteiger charge is 2.25. The van der Waals surface area contributed by atoms with Gasteiger partial charge < -0.3 is 5.11 Å². The van der Waals surface area contributed by atoms with E-state index in [1.165, 1.54) is 0 Å². The predicted octanol–water partition coefficient (Wildman–Crippen LogP) is 2.83. The molecule has 4 nitrogen and oxygen atoms in total. The van der Waals surface area contributed by atoms with Crippen molar-refractivity contribution in [3.63, 3.8) is 0 Å². The second kappa shape index (κ2) is 6.10. The summed E-state index contributed by atoms with van der Waals surface area (Å²) in [5.41, 5.74) is 2.09. The lowest BCUT2D eigenvalue weighted by molar-refractivity contribution is -0.137. The van der Waals surface area contributed by atoms with Crippen LogP contribution in [0.1, 0.15) is 33.8 Å². The Kier molecular flexibility index (Phi) is 4.25. The highest BCUT2D eigenvalue weighted by Crippen LogP contribution is 2.25. The van der Waals surface area contributed by atoms with E-state index in [9.17, 15) is 9.59 Å². The molecule has 0 aliphatic rings. The second-order valence-electron chi connectivity index (χ2n) is 4.61. The Hall–Kier alpha value is -2.49. The molecule has 2 rings (SSSR count). The van der Waals surface area contributed by atoms with Crippen molar-refractivity contribution >= 4 is 11.8 Å². The molecule has 2 aromatic rings. The van der Waals surface area contributed by atoms with Gasteiger partial charge in [0.25, 0.3) is 0 Å². The zero-order chi connectivity index (χ0) is 14.5. The Labute approximate surface area is 117 Å². The van der Waals surface area contributed by atoms with Crippen molar-refractivity contribution in [1.82, 2.24) is 4.98 Å². The van der Waals surface area contributed by atoms with Crippen LogP contribution in [0.3, 0.4) is 0 Å². The maximum Gasteiger partial charge on any atom is 0.304 e. The molecule has 0 saturated heterocycles. The number of aromatic nitrogens is 1. The lowest BCUT2D eigenvalue weighted by Gasteiger charge is -2.15. The summed E-state index contributed by atoms with van der Waals surface area (Å²) in [7, 11) is 0. The zero-order valence-corrected chi connectivity index (χ0v) is 11.1. The van der Waals surface area contributed by atoms with E-state index >= 15 is 0 Å². The van der Waals surface area contributed by atoms with Gasteiger partial charge in [-0.1, -0.05) is 24.3 Å². The molecule has 0 saturated carbocycles. The van der Waals surface area contributed by atoms with E-state index < -0.39 is 11.9 Å². The first-order chi connectivity index (χ1) is 9.59. The van der Waals surface area contributed by atoms with Crippen LogP contribution in [0, 0.1) is 6.92 Å². The van der Waals surface area contributed by atoms with Gasteiger partial charge in [0, 0.05) is 18.0 Å². The third-order valence-electron chi connectivity index (χ3n) is 3.21. The average molecular weight is 269 g/mol. The van der Waals surface area contributed by atoms with E-state index in [0.717, 1.165) is 5.56 Å². The SMILES string of the molecule is Cc1ccccc1C(=O)C(CC(=O)O)c1ccncc1. The fraction of sp³-hybridized carbons (Fsp3) is 0.188. The zero-order valence-electron chi connectivity index (χ0n) is 11.1. The van der Waals surface area contributed by atoms with Crippen LogP contribution < -0.4 is 0 Å². The van der Waals surface area contributed by atoms with Gasteiger partial charge in [-0.3, -0.25) is 14.6 Å². The molecule has 0 aliphatic heterocycles. The summed E-state index contributed by atoms with van der Waals surface area (Å²) in [5, 5.41) is 9.04. The molecular formula is C16H15NO3. The minimum atomic E-state index is -0.992. The van der Waals surface area contributed by atoms with Gasteiger partial charge in [-0.2, -0.15) is 0 Å². The Morgan fingerprint density at radius 3 is 2.40 bits per heavy atom. The van der Waals surface area contributed by atoms with Crippen LogP contribution in [0.15, 0.2) is 48.8 Å². The normalized spacial score (nSPS) is 11.8. The number of carbonyl (C=O) groups is 2. The standard InChI is InChI=1S/C16H15NO3/c1-11-4-2-3-5-13(11)16(20)14(10-15(18)19)12-6-8-17-9-7-12/h2-9,14H,10H2,1H3,(H,18,19). The number of aryl methyl sites for hydroxylation is 1. The van der Waals surface area contributed by atoms with E-state index in [1.807, 2.05) is 19.1 Å². The monoisotopic (exact) mass is 269 g/mol. The Balaban J connectivity index is 2.40. The molecule has 0 fully saturated rings. The number of benzene rings is 1. The highest BCUT2D eigenvalue weighted by atomic mass is 16.4. The maximum absolute atomic E-state index is 12.6. The second-order valence-corrected chi connectivity index (χ2v) is 4.61. The van der Waals surface area contributed by atoms with Crippen LogP contribution in [0.2, 0.25) is 0 Å². The summed E-state index contributed by atoms with van der Waals surface area (Å²) in [6.07, 6.45) is 2.90. The molecule has 0 radical (unpaired) electrons. The van der Waals surface area contributed by atoms with Crippen LogP contribution in [-0.4, -0.2) is 21.8 Å². The maximum atomic E-state index is 12.6. The summed E-state index contributed by atoms with van der Waals surface area (Å²) < 4.78 is 0. The largest absolute Gasteiger partial charge is 0.481 e. The van der Waals surface area contributed by atoms with Gasteiger partial charge in [-0.15, -0.1) is 0 Å². The van der Waals surface area contributed by atoms with Crippen molar-refractivity contribution in [2.24, 2.45) is 0 Å². The number of hydrogen-bond donors (Lipinski definition) is 1. The van der Waals surface area contributed by atoms with Crippen molar-refractivity contribution in [1.29, 1.82) is 0 Å². The molecule has 1 N–H and O–H groups in total. The molecule has 1 unspecified atom stereocenters. The van der Waals surface area contributed by atoms with Crippen LogP contribution in [0.5, 0.6) is 0 Å². The molecule has 1 atom stereocenters. The molecule has 0 amide bonds. The summed E-state index contributed by atoms with van der Waals surface area (Å²) in [4.78, 5) is 27.6. The predicted molar refractivity (Wildman–Crippen MR) is 74.7 cm³/mol. The smallest absolute Gasteiger partial charge is 0.304 e. The minimum Gasteiger partial charge on any atom is -0.481 e. The number of ketones is 1.